The van der Waals surface area contributed by atoms with Crippen molar-refractivity contribution >= 4 is 17.9 Å². The molecule has 1 unspecified atom stereocenters. The van der Waals surface area contributed by atoms with E-state index in [-0.39, 0.29) is 44.0 Å². The SMILES string of the molecule is CC\C=C/C=C\C=C/C=C\C=C\C=C/C=C\CCCCCC(=O)OCC(COC(=O)CCC/C=C\C/C=C\C/C=C\CC)OC(=O)CCCCCCCCC/C=C\C/C=C\CC. The molecule has 0 heterocycles. The van der Waals surface area contributed by atoms with Gasteiger partial charge in [-0.3, -0.25) is 14.4 Å². The van der Waals surface area contributed by atoms with Crippen LogP contribution in [-0.4, -0.2) is 37.2 Å². The van der Waals surface area contributed by atoms with Crippen molar-refractivity contribution < 1.29 is 28.6 Å². The second-order valence-corrected chi connectivity index (χ2v) is 15.1. The molecule has 0 bridgehead atoms. The van der Waals surface area contributed by atoms with Crippen LogP contribution < -0.4 is 0 Å². The molecule has 0 rings (SSSR count). The lowest BCUT2D eigenvalue weighted by Crippen LogP contribution is -2.30. The maximum atomic E-state index is 12.8. The lowest BCUT2D eigenvalue weighted by Gasteiger charge is -2.18. The summed E-state index contributed by atoms with van der Waals surface area (Å²) in [7, 11) is 0. The molecule has 0 spiro atoms. The van der Waals surface area contributed by atoms with Crippen molar-refractivity contribution in [3.05, 3.63) is 146 Å². The van der Waals surface area contributed by atoms with Gasteiger partial charge in [0.1, 0.15) is 13.2 Å². The predicted molar refractivity (Wildman–Crippen MR) is 265 cm³/mol. The zero-order valence-corrected chi connectivity index (χ0v) is 39.1. The Morgan fingerprint density at radius 2 is 0.677 bits per heavy atom. The Hall–Kier alpha value is -4.71. The summed E-state index contributed by atoms with van der Waals surface area (Å²) < 4.78 is 16.6. The van der Waals surface area contributed by atoms with Crippen molar-refractivity contribution in [3.63, 3.8) is 0 Å². The maximum absolute atomic E-state index is 12.8. The fourth-order valence-electron chi connectivity index (χ4n) is 5.78. The predicted octanol–water partition coefficient (Wildman–Crippen LogP) is 15.7. The summed E-state index contributed by atoms with van der Waals surface area (Å²) in [6, 6.07) is 0. The molecule has 0 saturated heterocycles. The average Bonchev–Trinajstić information content (AvgIpc) is 3.27. The smallest absolute Gasteiger partial charge is 0.306 e. The minimum absolute atomic E-state index is 0.128. The quantitative estimate of drug-likeness (QED) is 0.0201. The van der Waals surface area contributed by atoms with Gasteiger partial charge in [0, 0.05) is 19.3 Å². The number of carbonyl (C=O) groups excluding carboxylic acids is 3. The van der Waals surface area contributed by atoms with Crippen LogP contribution in [0.25, 0.3) is 0 Å². The first-order valence-electron chi connectivity index (χ1n) is 23.9. The van der Waals surface area contributed by atoms with Crippen molar-refractivity contribution in [3.8, 4) is 0 Å². The van der Waals surface area contributed by atoms with Gasteiger partial charge < -0.3 is 14.2 Å². The van der Waals surface area contributed by atoms with Gasteiger partial charge in [0.15, 0.2) is 6.10 Å². The number of ether oxygens (including phenoxy) is 3. The molecule has 0 amide bonds. The molecule has 6 nitrogen and oxygen atoms in total. The molecule has 0 aromatic rings. The Balaban J connectivity index is 4.57. The van der Waals surface area contributed by atoms with Gasteiger partial charge in [-0.2, -0.15) is 0 Å². The van der Waals surface area contributed by atoms with E-state index < -0.39 is 6.10 Å². The third-order valence-corrected chi connectivity index (χ3v) is 9.26. The number of hydrogen-bond acceptors (Lipinski definition) is 6. The van der Waals surface area contributed by atoms with Crippen LogP contribution in [0.5, 0.6) is 0 Å². The molecule has 0 aliphatic heterocycles. The van der Waals surface area contributed by atoms with Crippen LogP contribution in [0.1, 0.15) is 168 Å². The van der Waals surface area contributed by atoms with Gasteiger partial charge in [0.2, 0.25) is 0 Å². The second kappa shape index (κ2) is 49.0. The second-order valence-electron chi connectivity index (χ2n) is 15.1. The topological polar surface area (TPSA) is 78.9 Å². The van der Waals surface area contributed by atoms with E-state index in [9.17, 15) is 14.4 Å². The van der Waals surface area contributed by atoms with Gasteiger partial charge in [-0.05, 0) is 89.9 Å². The van der Waals surface area contributed by atoms with Crippen molar-refractivity contribution in [2.75, 3.05) is 13.2 Å². The summed E-state index contributed by atoms with van der Waals surface area (Å²) in [6.07, 6.45) is 69.8. The van der Waals surface area contributed by atoms with Crippen molar-refractivity contribution in [2.24, 2.45) is 0 Å². The first-order valence-corrected chi connectivity index (χ1v) is 23.9. The lowest BCUT2D eigenvalue weighted by atomic mass is 10.1. The molecular weight excluding hydrogens is 769 g/mol. The highest BCUT2D eigenvalue weighted by Gasteiger charge is 2.19. The summed E-state index contributed by atoms with van der Waals surface area (Å²) in [6.45, 7) is 6.13. The molecule has 0 saturated carbocycles. The average molecular weight is 853 g/mol. The molecule has 0 aliphatic carbocycles. The zero-order chi connectivity index (χ0) is 45.1. The Kier molecular flexibility index (Phi) is 45.2. The van der Waals surface area contributed by atoms with Crippen molar-refractivity contribution in [1.29, 1.82) is 0 Å². The van der Waals surface area contributed by atoms with Crippen LogP contribution in [0.15, 0.2) is 146 Å². The molecule has 62 heavy (non-hydrogen) atoms. The third-order valence-electron chi connectivity index (χ3n) is 9.26. The van der Waals surface area contributed by atoms with E-state index in [0.29, 0.717) is 19.3 Å². The first kappa shape index (κ1) is 57.3. The van der Waals surface area contributed by atoms with Crippen molar-refractivity contribution in [2.45, 2.75) is 175 Å². The fourth-order valence-corrected chi connectivity index (χ4v) is 5.78. The number of esters is 3. The lowest BCUT2D eigenvalue weighted by molar-refractivity contribution is -0.167. The van der Waals surface area contributed by atoms with E-state index in [4.69, 9.17) is 14.2 Å². The third kappa shape index (κ3) is 46.4. The van der Waals surface area contributed by atoms with E-state index in [1.807, 2.05) is 72.9 Å². The maximum Gasteiger partial charge on any atom is 0.306 e. The molecule has 6 heteroatoms. The minimum Gasteiger partial charge on any atom is -0.462 e. The molecule has 0 aliphatic rings. The first-order chi connectivity index (χ1) is 30.5. The molecular formula is C56H84O6. The summed E-state index contributed by atoms with van der Waals surface area (Å²) in [5.41, 5.74) is 0. The summed E-state index contributed by atoms with van der Waals surface area (Å²) in [5, 5.41) is 0. The van der Waals surface area contributed by atoms with Gasteiger partial charge in [-0.25, -0.2) is 0 Å². The largest absolute Gasteiger partial charge is 0.462 e. The fraction of sp³-hybridized carbons (Fsp3) is 0.518. The van der Waals surface area contributed by atoms with E-state index >= 15 is 0 Å². The van der Waals surface area contributed by atoms with Gasteiger partial charge >= 0.3 is 17.9 Å². The van der Waals surface area contributed by atoms with E-state index in [2.05, 4.69) is 93.7 Å². The summed E-state index contributed by atoms with van der Waals surface area (Å²) in [5.74, 6) is -1.05. The number of hydrogen-bond donors (Lipinski definition) is 0. The molecule has 0 fully saturated rings. The number of rotatable bonds is 40. The highest BCUT2D eigenvalue weighted by atomic mass is 16.6. The molecule has 0 aromatic carbocycles. The molecule has 344 valence electrons. The minimum atomic E-state index is -0.827. The van der Waals surface area contributed by atoms with Crippen LogP contribution in [0.4, 0.5) is 0 Å². The molecule has 0 radical (unpaired) electrons. The number of carbonyl (C=O) groups is 3. The Morgan fingerprint density at radius 1 is 0.339 bits per heavy atom. The Labute approximate surface area is 378 Å². The standard InChI is InChI=1S/C56H84O6/c1-4-7-10-13-16-19-22-24-26-27-28-29-30-32-34-37-40-43-46-49-55(58)61-52-53(51-60-54(57)48-45-42-39-36-33-21-18-15-12-9-6-3)62-56(59)50-47-44-41-38-35-31-25-23-20-17-14-11-8-5-2/h7-13,16-22,24,26-30,32,34,36,39,53H,4-6,14-15,23,25,31,33,35,37-38,40-52H2,1-3H3/b10-7-,11-8-,12-9-,16-13-,20-17-,21-18-,22-19-,26-24-,28-27+,30-29-,34-32-,39-36-. The summed E-state index contributed by atoms with van der Waals surface area (Å²) >= 11 is 0. The number of unbranched alkanes of at least 4 members (excludes halogenated alkanes) is 11. The van der Waals surface area contributed by atoms with Crippen molar-refractivity contribution in [1.82, 2.24) is 0 Å². The van der Waals surface area contributed by atoms with Gasteiger partial charge in [-0.1, -0.05) is 205 Å². The van der Waals surface area contributed by atoms with Gasteiger partial charge in [0.05, 0.1) is 0 Å². The van der Waals surface area contributed by atoms with E-state index in [1.165, 1.54) is 19.3 Å². The number of allylic oxidation sites excluding steroid dienone is 24. The van der Waals surface area contributed by atoms with Crippen LogP contribution >= 0.6 is 0 Å². The normalized spacial score (nSPS) is 13.4. The van der Waals surface area contributed by atoms with Crippen LogP contribution in [0.2, 0.25) is 0 Å². The van der Waals surface area contributed by atoms with Gasteiger partial charge in [-0.15, -0.1) is 0 Å². The highest BCUT2D eigenvalue weighted by Crippen LogP contribution is 2.12. The molecule has 0 N–H and O–H groups in total. The Bertz CT molecular complexity index is 1440. The van der Waals surface area contributed by atoms with Gasteiger partial charge in [0.25, 0.3) is 0 Å². The zero-order valence-electron chi connectivity index (χ0n) is 39.1. The Morgan fingerprint density at radius 3 is 1.18 bits per heavy atom. The van der Waals surface area contributed by atoms with Crippen LogP contribution in [0, 0.1) is 0 Å². The highest BCUT2D eigenvalue weighted by molar-refractivity contribution is 5.71. The van der Waals surface area contributed by atoms with Crippen LogP contribution in [0.3, 0.4) is 0 Å². The summed E-state index contributed by atoms with van der Waals surface area (Å²) in [4.78, 5) is 37.8. The van der Waals surface area contributed by atoms with E-state index in [0.717, 1.165) is 96.3 Å². The molecule has 0 aromatic heterocycles. The monoisotopic (exact) mass is 853 g/mol. The van der Waals surface area contributed by atoms with Crippen LogP contribution in [-0.2, 0) is 28.6 Å². The molecule has 1 atom stereocenters. The van der Waals surface area contributed by atoms with E-state index in [1.54, 1.807) is 0 Å².